The average Bonchev–Trinajstić information content (AvgIpc) is 2.64. The van der Waals surface area contributed by atoms with E-state index in [0.29, 0.717) is 10.0 Å². The summed E-state index contributed by atoms with van der Waals surface area (Å²) in [6.45, 7) is 0.542. The number of pyridine rings is 2. The van der Waals surface area contributed by atoms with E-state index in [4.69, 9.17) is 23.2 Å². The normalized spacial score (nSPS) is 10.6. The predicted octanol–water partition coefficient (Wildman–Crippen LogP) is 4.77. The highest BCUT2D eigenvalue weighted by Gasteiger charge is 2.18. The van der Waals surface area contributed by atoms with Crippen LogP contribution in [-0.4, -0.2) is 20.8 Å². The minimum atomic E-state index is -0.705. The molecule has 4 nitrogen and oxygen atoms in total. The first-order valence-corrected chi connectivity index (χ1v) is 8.53. The van der Waals surface area contributed by atoms with Crippen molar-refractivity contribution in [3.63, 3.8) is 0 Å². The van der Waals surface area contributed by atoms with Gasteiger partial charge in [-0.1, -0.05) is 35.3 Å². The van der Waals surface area contributed by atoms with Crippen LogP contribution in [0.5, 0.6) is 0 Å². The Labute approximate surface area is 160 Å². The second-order valence-electron chi connectivity index (χ2n) is 5.60. The Morgan fingerprint density at radius 3 is 2.50 bits per heavy atom. The van der Waals surface area contributed by atoms with Crippen molar-refractivity contribution in [1.82, 2.24) is 14.9 Å². The van der Waals surface area contributed by atoms with Crippen LogP contribution in [0.1, 0.15) is 21.6 Å². The Hall–Kier alpha value is -2.50. The number of halogens is 3. The number of nitrogens with zero attached hydrogens (tertiary/aromatic N) is 3. The second-order valence-corrected chi connectivity index (χ2v) is 6.41. The molecule has 0 aliphatic rings. The summed E-state index contributed by atoms with van der Waals surface area (Å²) >= 11 is 12.0. The fourth-order valence-electron chi connectivity index (χ4n) is 2.46. The van der Waals surface area contributed by atoms with Crippen LogP contribution in [0.4, 0.5) is 4.39 Å². The van der Waals surface area contributed by atoms with E-state index in [1.165, 1.54) is 12.3 Å². The summed E-state index contributed by atoms with van der Waals surface area (Å²) in [4.78, 5) is 22.2. The predicted molar refractivity (Wildman–Crippen MR) is 98.5 cm³/mol. The van der Waals surface area contributed by atoms with Crippen LogP contribution in [-0.2, 0) is 13.1 Å². The van der Waals surface area contributed by atoms with E-state index in [1.807, 2.05) is 12.1 Å². The number of carbonyl (C=O) groups is 1. The van der Waals surface area contributed by atoms with Gasteiger partial charge in [-0.25, -0.2) is 4.98 Å². The van der Waals surface area contributed by atoms with Crippen LogP contribution >= 0.6 is 23.2 Å². The second kappa shape index (κ2) is 8.25. The third-order valence-electron chi connectivity index (χ3n) is 3.70. The van der Waals surface area contributed by atoms with Crippen molar-refractivity contribution >= 4 is 29.1 Å². The maximum Gasteiger partial charge on any atom is 0.254 e. The average molecular weight is 390 g/mol. The number of carbonyl (C=O) groups excluding carboxylic acids is 1. The zero-order valence-electron chi connectivity index (χ0n) is 13.6. The summed E-state index contributed by atoms with van der Waals surface area (Å²) in [7, 11) is 0. The van der Waals surface area contributed by atoms with Crippen LogP contribution in [0.25, 0.3) is 0 Å². The summed E-state index contributed by atoms with van der Waals surface area (Å²) in [6, 6.07) is 13.2. The molecule has 2 aromatic heterocycles. The van der Waals surface area contributed by atoms with Crippen molar-refractivity contribution < 1.29 is 9.18 Å². The quantitative estimate of drug-likeness (QED) is 0.590. The molecule has 0 saturated carbocycles. The van der Waals surface area contributed by atoms with E-state index < -0.39 is 5.95 Å². The topological polar surface area (TPSA) is 46.1 Å². The van der Waals surface area contributed by atoms with Gasteiger partial charge in [-0.3, -0.25) is 9.78 Å². The van der Waals surface area contributed by atoms with E-state index in [-0.39, 0.29) is 24.6 Å². The van der Waals surface area contributed by atoms with E-state index >= 15 is 0 Å². The van der Waals surface area contributed by atoms with Crippen LogP contribution in [0.2, 0.25) is 10.0 Å². The molecular formula is C19H14Cl2FN3O. The molecule has 1 aromatic carbocycles. The molecule has 1 amide bonds. The smallest absolute Gasteiger partial charge is 0.254 e. The van der Waals surface area contributed by atoms with Crippen molar-refractivity contribution in [2.75, 3.05) is 0 Å². The Balaban J connectivity index is 1.90. The van der Waals surface area contributed by atoms with Crippen molar-refractivity contribution in [3.05, 3.63) is 93.7 Å². The summed E-state index contributed by atoms with van der Waals surface area (Å²) in [6.07, 6.45) is 2.92. The number of hydrogen-bond donors (Lipinski definition) is 0. The zero-order chi connectivity index (χ0) is 18.5. The van der Waals surface area contributed by atoms with Gasteiger partial charge in [0.2, 0.25) is 5.95 Å². The molecule has 0 fully saturated rings. The monoisotopic (exact) mass is 389 g/mol. The maximum atomic E-state index is 13.4. The largest absolute Gasteiger partial charge is 0.328 e. The van der Waals surface area contributed by atoms with E-state index in [9.17, 15) is 9.18 Å². The summed E-state index contributed by atoms with van der Waals surface area (Å²) in [5.41, 5.74) is 1.74. The molecule has 7 heteroatoms. The maximum absolute atomic E-state index is 13.4. The highest BCUT2D eigenvalue weighted by atomic mass is 35.5. The van der Waals surface area contributed by atoms with Gasteiger partial charge < -0.3 is 4.90 Å². The fraction of sp³-hybridized carbons (Fsp3) is 0.105. The number of hydrogen-bond acceptors (Lipinski definition) is 3. The number of aromatic nitrogens is 2. The molecule has 26 heavy (non-hydrogen) atoms. The molecule has 0 bridgehead atoms. The van der Waals surface area contributed by atoms with Gasteiger partial charge >= 0.3 is 0 Å². The molecule has 0 saturated heterocycles. The highest BCUT2D eigenvalue weighted by Crippen LogP contribution is 2.24. The molecule has 3 rings (SSSR count). The van der Waals surface area contributed by atoms with Crippen molar-refractivity contribution in [2.24, 2.45) is 0 Å². The van der Waals surface area contributed by atoms with Crippen LogP contribution < -0.4 is 0 Å². The lowest BCUT2D eigenvalue weighted by Crippen LogP contribution is -2.30. The molecule has 0 N–H and O–H groups in total. The number of rotatable bonds is 5. The fourth-order valence-corrected chi connectivity index (χ4v) is 2.78. The highest BCUT2D eigenvalue weighted by molar-refractivity contribution is 6.42. The molecule has 0 atom stereocenters. The Kier molecular flexibility index (Phi) is 5.81. The molecule has 0 spiro atoms. The Bertz CT molecular complexity index is 922. The van der Waals surface area contributed by atoms with Gasteiger partial charge in [-0.05, 0) is 35.9 Å². The van der Waals surface area contributed by atoms with Crippen molar-refractivity contribution in [2.45, 2.75) is 13.1 Å². The number of amides is 1. The molecule has 0 unspecified atom stereocenters. The lowest BCUT2D eigenvalue weighted by molar-refractivity contribution is 0.0727. The minimum absolute atomic E-state index is 0.216. The van der Waals surface area contributed by atoms with Gasteiger partial charge in [0.05, 0.1) is 22.3 Å². The first kappa shape index (κ1) is 18.3. The first-order valence-electron chi connectivity index (χ1n) is 7.77. The molecule has 2 heterocycles. The van der Waals surface area contributed by atoms with Gasteiger partial charge in [-0.2, -0.15) is 4.39 Å². The summed E-state index contributed by atoms with van der Waals surface area (Å²) in [5, 5.41) is 0.846. The number of benzene rings is 1. The van der Waals surface area contributed by atoms with Gasteiger partial charge in [-0.15, -0.1) is 0 Å². The van der Waals surface area contributed by atoms with E-state index in [2.05, 4.69) is 9.97 Å². The van der Waals surface area contributed by atoms with E-state index in [0.717, 1.165) is 17.3 Å². The summed E-state index contributed by atoms with van der Waals surface area (Å²) < 4.78 is 13.4. The SMILES string of the molecule is O=C(c1ccnc(F)c1)N(Cc1ccc(Cl)c(Cl)c1)Cc1ccccn1. The van der Waals surface area contributed by atoms with Crippen molar-refractivity contribution in [3.8, 4) is 0 Å². The lowest BCUT2D eigenvalue weighted by Gasteiger charge is -2.23. The molecule has 0 aliphatic carbocycles. The molecule has 0 aliphatic heterocycles. The minimum Gasteiger partial charge on any atom is -0.328 e. The van der Waals surface area contributed by atoms with Crippen molar-refractivity contribution in [1.29, 1.82) is 0 Å². The third-order valence-corrected chi connectivity index (χ3v) is 4.44. The van der Waals surface area contributed by atoms with Gasteiger partial charge in [0.15, 0.2) is 0 Å². The van der Waals surface area contributed by atoms with Gasteiger partial charge in [0, 0.05) is 30.6 Å². The molecule has 132 valence electrons. The molecular weight excluding hydrogens is 376 g/mol. The first-order chi connectivity index (χ1) is 12.5. The van der Waals surface area contributed by atoms with Gasteiger partial charge in [0.1, 0.15) is 0 Å². The Morgan fingerprint density at radius 1 is 0.962 bits per heavy atom. The lowest BCUT2D eigenvalue weighted by atomic mass is 10.1. The molecule has 3 aromatic rings. The van der Waals surface area contributed by atoms with Crippen LogP contribution in [0.15, 0.2) is 60.9 Å². The van der Waals surface area contributed by atoms with Crippen LogP contribution in [0.3, 0.4) is 0 Å². The Morgan fingerprint density at radius 2 is 1.81 bits per heavy atom. The standard InChI is InChI=1S/C19H14Cl2FN3O/c20-16-5-4-13(9-17(16)21)11-25(12-15-3-1-2-7-23-15)19(26)14-6-8-24-18(22)10-14/h1-10H,11-12H2. The van der Waals surface area contributed by atoms with Gasteiger partial charge in [0.25, 0.3) is 5.91 Å². The summed E-state index contributed by atoms with van der Waals surface area (Å²) in [5.74, 6) is -1.04. The zero-order valence-corrected chi connectivity index (χ0v) is 15.1. The third kappa shape index (κ3) is 4.56. The van der Waals surface area contributed by atoms with E-state index in [1.54, 1.807) is 35.4 Å². The van der Waals surface area contributed by atoms with Crippen LogP contribution in [0, 0.1) is 5.95 Å². The molecule has 0 radical (unpaired) electrons.